The number of amides is 1. The molecule has 0 aliphatic rings. The minimum absolute atomic E-state index is 0.0542. The lowest BCUT2D eigenvalue weighted by atomic mass is 10.3. The number of nitrogens with one attached hydrogen (secondary N) is 1. The highest BCUT2D eigenvalue weighted by Crippen LogP contribution is 2.33. The van der Waals surface area contributed by atoms with Crippen molar-refractivity contribution in [3.8, 4) is 11.5 Å². The smallest absolute Gasteiger partial charge is 0.233 e. The quantitative estimate of drug-likeness (QED) is 0.557. The molecule has 0 bridgehead atoms. The Labute approximate surface area is 137 Å². The summed E-state index contributed by atoms with van der Waals surface area (Å²) in [4.78, 5) is 15.2. The third-order valence-electron chi connectivity index (χ3n) is 3.12. The molecule has 1 rings (SSSR count). The van der Waals surface area contributed by atoms with Gasteiger partial charge in [-0.1, -0.05) is 0 Å². The van der Waals surface area contributed by atoms with E-state index in [1.54, 1.807) is 14.2 Å². The van der Waals surface area contributed by atoms with Gasteiger partial charge >= 0.3 is 0 Å². The van der Waals surface area contributed by atoms with Crippen LogP contribution in [0.3, 0.4) is 0 Å². The highest BCUT2D eigenvalue weighted by Gasteiger charge is 2.15. The number of methoxy groups -OCH3 is 2. The number of rotatable bonds is 9. The number of nitrogens with zero attached hydrogens (tertiary/aromatic N) is 1. The maximum Gasteiger partial charge on any atom is 0.233 e. The van der Waals surface area contributed by atoms with Crippen molar-refractivity contribution in [2.45, 2.75) is 23.5 Å². The standard InChI is InChI=1S/C16H26N2O3S/c1-12(16(19)17-9-6-10-18(2)3)22-13-7-8-14(20-4)15(11-13)21-5/h7-8,11-12H,6,9-10H2,1-5H3,(H,17,19)/t12-/m1/s1. The first-order valence-corrected chi connectivity index (χ1v) is 8.17. The van der Waals surface area contributed by atoms with Crippen molar-refractivity contribution in [3.63, 3.8) is 0 Å². The second-order valence-electron chi connectivity index (χ2n) is 5.22. The second-order valence-corrected chi connectivity index (χ2v) is 6.64. The molecule has 0 unspecified atom stereocenters. The molecule has 22 heavy (non-hydrogen) atoms. The Hall–Kier alpha value is -1.40. The molecule has 0 saturated carbocycles. The molecule has 0 radical (unpaired) electrons. The lowest BCUT2D eigenvalue weighted by molar-refractivity contribution is -0.120. The van der Waals surface area contributed by atoms with Gasteiger partial charge in [0, 0.05) is 11.4 Å². The molecular formula is C16H26N2O3S. The van der Waals surface area contributed by atoms with E-state index in [-0.39, 0.29) is 11.2 Å². The Morgan fingerprint density at radius 2 is 1.95 bits per heavy atom. The van der Waals surface area contributed by atoms with E-state index < -0.39 is 0 Å². The minimum atomic E-state index is -0.155. The summed E-state index contributed by atoms with van der Waals surface area (Å²) in [5.41, 5.74) is 0. The third kappa shape index (κ3) is 6.15. The fourth-order valence-electron chi connectivity index (χ4n) is 1.90. The second kappa shape index (κ2) is 9.58. The molecule has 1 aromatic rings. The SMILES string of the molecule is COc1ccc(S[C@H](C)C(=O)NCCCN(C)C)cc1OC. The first kappa shape index (κ1) is 18.6. The van der Waals surface area contributed by atoms with Crippen molar-refractivity contribution in [2.75, 3.05) is 41.4 Å². The van der Waals surface area contributed by atoms with Gasteiger partial charge in [0.1, 0.15) is 0 Å². The van der Waals surface area contributed by atoms with Crippen LogP contribution in [-0.4, -0.2) is 57.5 Å². The first-order valence-electron chi connectivity index (χ1n) is 7.29. The van der Waals surface area contributed by atoms with Crippen LogP contribution in [0.1, 0.15) is 13.3 Å². The van der Waals surface area contributed by atoms with Crippen LogP contribution < -0.4 is 14.8 Å². The summed E-state index contributed by atoms with van der Waals surface area (Å²) in [5, 5.41) is 2.81. The van der Waals surface area contributed by atoms with Crippen molar-refractivity contribution in [1.29, 1.82) is 0 Å². The van der Waals surface area contributed by atoms with E-state index in [1.807, 2.05) is 39.2 Å². The normalized spacial score (nSPS) is 12.1. The van der Waals surface area contributed by atoms with Crippen LogP contribution in [-0.2, 0) is 4.79 Å². The van der Waals surface area contributed by atoms with E-state index in [1.165, 1.54) is 11.8 Å². The topological polar surface area (TPSA) is 50.8 Å². The van der Waals surface area contributed by atoms with E-state index in [2.05, 4.69) is 10.2 Å². The molecule has 124 valence electrons. The molecule has 1 N–H and O–H groups in total. The molecule has 0 saturated heterocycles. The van der Waals surface area contributed by atoms with Crippen LogP contribution in [0.15, 0.2) is 23.1 Å². The van der Waals surface area contributed by atoms with Gasteiger partial charge in [-0.15, -0.1) is 11.8 Å². The van der Waals surface area contributed by atoms with Crippen molar-refractivity contribution >= 4 is 17.7 Å². The zero-order valence-corrected chi connectivity index (χ0v) is 14.8. The lowest BCUT2D eigenvalue weighted by Crippen LogP contribution is -2.32. The lowest BCUT2D eigenvalue weighted by Gasteiger charge is -2.14. The molecule has 0 heterocycles. The summed E-state index contributed by atoms with van der Waals surface area (Å²) in [6.07, 6.45) is 0.951. The fourth-order valence-corrected chi connectivity index (χ4v) is 2.82. The predicted octanol–water partition coefficient (Wildman–Crippen LogP) is 2.25. The van der Waals surface area contributed by atoms with Gasteiger partial charge in [0.05, 0.1) is 19.5 Å². The van der Waals surface area contributed by atoms with Crippen LogP contribution in [0.25, 0.3) is 0 Å². The number of benzene rings is 1. The molecule has 5 nitrogen and oxygen atoms in total. The van der Waals surface area contributed by atoms with Gasteiger partial charge in [-0.05, 0) is 52.2 Å². The van der Waals surface area contributed by atoms with Crippen molar-refractivity contribution in [3.05, 3.63) is 18.2 Å². The summed E-state index contributed by atoms with van der Waals surface area (Å²) in [6.45, 7) is 3.58. The van der Waals surface area contributed by atoms with Crippen molar-refractivity contribution in [1.82, 2.24) is 10.2 Å². The molecule has 0 spiro atoms. The summed E-state index contributed by atoms with van der Waals surface area (Å²) in [5.74, 6) is 1.41. The van der Waals surface area contributed by atoms with Gasteiger partial charge in [-0.2, -0.15) is 0 Å². The Morgan fingerprint density at radius 3 is 2.55 bits per heavy atom. The number of ether oxygens (including phenoxy) is 2. The molecule has 1 aromatic carbocycles. The fraction of sp³-hybridized carbons (Fsp3) is 0.562. The zero-order chi connectivity index (χ0) is 16.5. The molecule has 0 aliphatic heterocycles. The number of hydrogen-bond acceptors (Lipinski definition) is 5. The van der Waals surface area contributed by atoms with E-state index >= 15 is 0 Å². The number of hydrogen-bond donors (Lipinski definition) is 1. The highest BCUT2D eigenvalue weighted by molar-refractivity contribution is 8.00. The molecule has 1 atom stereocenters. The Kier molecular flexibility index (Phi) is 8.12. The monoisotopic (exact) mass is 326 g/mol. The van der Waals surface area contributed by atoms with Crippen molar-refractivity contribution < 1.29 is 14.3 Å². The van der Waals surface area contributed by atoms with Crippen LogP contribution >= 0.6 is 11.8 Å². The zero-order valence-electron chi connectivity index (χ0n) is 14.0. The molecular weight excluding hydrogens is 300 g/mol. The van der Waals surface area contributed by atoms with E-state index in [0.29, 0.717) is 18.0 Å². The van der Waals surface area contributed by atoms with E-state index in [4.69, 9.17) is 9.47 Å². The van der Waals surface area contributed by atoms with Crippen LogP contribution in [0.4, 0.5) is 0 Å². The van der Waals surface area contributed by atoms with Gasteiger partial charge in [0.25, 0.3) is 0 Å². The summed E-state index contributed by atoms with van der Waals surface area (Å²) in [7, 11) is 7.26. The molecule has 1 amide bonds. The molecule has 6 heteroatoms. The largest absolute Gasteiger partial charge is 0.493 e. The van der Waals surface area contributed by atoms with Crippen LogP contribution in [0, 0.1) is 0 Å². The van der Waals surface area contributed by atoms with Gasteiger partial charge < -0.3 is 19.7 Å². The van der Waals surface area contributed by atoms with E-state index in [9.17, 15) is 4.79 Å². The van der Waals surface area contributed by atoms with E-state index in [0.717, 1.165) is 17.9 Å². The van der Waals surface area contributed by atoms with Gasteiger partial charge in [0.2, 0.25) is 5.91 Å². The molecule has 0 fully saturated rings. The summed E-state index contributed by atoms with van der Waals surface area (Å²) in [6, 6.07) is 5.67. The molecule has 0 aromatic heterocycles. The average Bonchev–Trinajstić information content (AvgIpc) is 2.50. The molecule has 0 aliphatic carbocycles. The summed E-state index contributed by atoms with van der Waals surface area (Å²) >= 11 is 1.51. The predicted molar refractivity (Wildman–Crippen MR) is 91.0 cm³/mol. The van der Waals surface area contributed by atoms with Gasteiger partial charge in [-0.3, -0.25) is 4.79 Å². The average molecular weight is 326 g/mol. The van der Waals surface area contributed by atoms with Crippen molar-refractivity contribution in [2.24, 2.45) is 0 Å². The maximum absolute atomic E-state index is 12.1. The van der Waals surface area contributed by atoms with Gasteiger partial charge in [-0.25, -0.2) is 0 Å². The number of carbonyl (C=O) groups excluding carboxylic acids is 1. The summed E-state index contributed by atoms with van der Waals surface area (Å²) < 4.78 is 10.5. The highest BCUT2D eigenvalue weighted by atomic mass is 32.2. The van der Waals surface area contributed by atoms with Crippen LogP contribution in [0.2, 0.25) is 0 Å². The Morgan fingerprint density at radius 1 is 1.27 bits per heavy atom. The third-order valence-corrected chi connectivity index (χ3v) is 4.21. The Bertz CT molecular complexity index is 480. The number of carbonyl (C=O) groups is 1. The Balaban J connectivity index is 2.50. The number of thioether (sulfide) groups is 1. The van der Waals surface area contributed by atoms with Gasteiger partial charge in [0.15, 0.2) is 11.5 Å². The van der Waals surface area contributed by atoms with Crippen LogP contribution in [0.5, 0.6) is 11.5 Å². The minimum Gasteiger partial charge on any atom is -0.493 e. The maximum atomic E-state index is 12.1. The first-order chi connectivity index (χ1) is 10.5.